The van der Waals surface area contributed by atoms with Crippen molar-refractivity contribution >= 4 is 17.9 Å². The van der Waals surface area contributed by atoms with Gasteiger partial charge in [0.05, 0.1) is 12.8 Å². The number of aliphatic hydroxyl groups excluding tert-OH is 2. The Morgan fingerprint density at radius 2 is 1.25 bits per heavy atom. The van der Waals surface area contributed by atoms with E-state index in [1.165, 1.54) is 0 Å². The molecule has 20 heavy (non-hydrogen) atoms. The Kier molecular flexibility index (Phi) is 9.46. The van der Waals surface area contributed by atoms with Gasteiger partial charge in [-0.25, -0.2) is 4.79 Å². The largest absolute Gasteiger partial charge is 0.481 e. The SMILES string of the molecule is CC(O)NC(C)O.O=C(O)CC(O)(CC(=O)O)C(=O)O. The Hall–Kier alpha value is -1.75. The summed E-state index contributed by atoms with van der Waals surface area (Å²) in [4.78, 5) is 30.5. The van der Waals surface area contributed by atoms with Gasteiger partial charge in [0.2, 0.25) is 0 Å². The summed E-state index contributed by atoms with van der Waals surface area (Å²) in [7, 11) is 0. The molecular formula is C10H19NO9. The molecule has 0 heterocycles. The van der Waals surface area contributed by atoms with Gasteiger partial charge in [-0.15, -0.1) is 0 Å². The molecule has 0 aromatic heterocycles. The minimum atomic E-state index is -2.74. The number of carbonyl (C=O) groups is 3. The topological polar surface area (TPSA) is 185 Å². The van der Waals surface area contributed by atoms with E-state index in [0.717, 1.165) is 0 Å². The third-order valence-electron chi connectivity index (χ3n) is 1.77. The molecule has 0 rings (SSSR count). The fraction of sp³-hybridized carbons (Fsp3) is 0.700. The first-order chi connectivity index (χ1) is 8.90. The summed E-state index contributed by atoms with van der Waals surface area (Å²) < 4.78 is 0. The van der Waals surface area contributed by atoms with Crippen molar-refractivity contribution in [2.45, 2.75) is 44.7 Å². The maximum Gasteiger partial charge on any atom is 0.336 e. The van der Waals surface area contributed by atoms with Crippen LogP contribution in [0.1, 0.15) is 26.7 Å². The summed E-state index contributed by atoms with van der Waals surface area (Å²) in [6, 6.07) is 0. The van der Waals surface area contributed by atoms with Crippen molar-refractivity contribution in [2.75, 3.05) is 0 Å². The van der Waals surface area contributed by atoms with E-state index in [1.54, 1.807) is 13.8 Å². The number of hydrogen-bond acceptors (Lipinski definition) is 7. The normalized spacial score (nSPS) is 13.7. The maximum absolute atomic E-state index is 10.3. The molecule has 0 fully saturated rings. The molecule has 10 nitrogen and oxygen atoms in total. The average Bonchev–Trinajstić information content (AvgIpc) is 2.12. The zero-order chi connectivity index (χ0) is 16.5. The quantitative estimate of drug-likeness (QED) is 0.259. The number of aliphatic hydroxyl groups is 3. The highest BCUT2D eigenvalue weighted by Gasteiger charge is 2.40. The van der Waals surface area contributed by atoms with Gasteiger partial charge in [0.1, 0.15) is 12.5 Å². The van der Waals surface area contributed by atoms with Gasteiger partial charge < -0.3 is 30.6 Å². The van der Waals surface area contributed by atoms with Gasteiger partial charge >= 0.3 is 17.9 Å². The number of carboxylic acids is 3. The Bertz CT molecular complexity index is 318. The molecule has 0 aliphatic heterocycles. The first kappa shape index (κ1) is 20.6. The average molecular weight is 297 g/mol. The van der Waals surface area contributed by atoms with Crippen molar-refractivity contribution in [1.29, 1.82) is 0 Å². The summed E-state index contributed by atoms with van der Waals surface area (Å²) in [5.41, 5.74) is -2.74. The van der Waals surface area contributed by atoms with Crippen LogP contribution in [0.25, 0.3) is 0 Å². The van der Waals surface area contributed by atoms with Crippen LogP contribution >= 0.6 is 0 Å². The van der Waals surface area contributed by atoms with Crippen LogP contribution in [-0.2, 0) is 14.4 Å². The lowest BCUT2D eigenvalue weighted by Gasteiger charge is -2.18. The monoisotopic (exact) mass is 297 g/mol. The molecule has 10 heteroatoms. The number of aliphatic carboxylic acids is 3. The van der Waals surface area contributed by atoms with Crippen LogP contribution in [0.2, 0.25) is 0 Å². The highest BCUT2D eigenvalue weighted by Crippen LogP contribution is 2.15. The second-order valence-corrected chi connectivity index (χ2v) is 4.00. The fourth-order valence-electron chi connectivity index (χ4n) is 1.06. The lowest BCUT2D eigenvalue weighted by atomic mass is 9.96. The summed E-state index contributed by atoms with van der Waals surface area (Å²) in [6.45, 7) is 3.10. The molecule has 118 valence electrons. The lowest BCUT2D eigenvalue weighted by Crippen LogP contribution is -2.42. The Labute approximate surface area is 114 Å². The van der Waals surface area contributed by atoms with Gasteiger partial charge in [0, 0.05) is 0 Å². The maximum atomic E-state index is 10.3. The summed E-state index contributed by atoms with van der Waals surface area (Å²) in [6.07, 6.45) is -3.54. The number of carboxylic acid groups (broad SMARTS) is 3. The van der Waals surface area contributed by atoms with Gasteiger partial charge in [-0.2, -0.15) is 0 Å². The van der Waals surface area contributed by atoms with E-state index in [1.807, 2.05) is 0 Å². The number of hydrogen-bond donors (Lipinski definition) is 7. The van der Waals surface area contributed by atoms with E-state index in [9.17, 15) is 14.4 Å². The van der Waals surface area contributed by atoms with Gasteiger partial charge in [-0.3, -0.25) is 14.9 Å². The van der Waals surface area contributed by atoms with Crippen LogP contribution < -0.4 is 5.32 Å². The van der Waals surface area contributed by atoms with E-state index in [4.69, 9.17) is 30.6 Å². The van der Waals surface area contributed by atoms with Gasteiger partial charge in [0.15, 0.2) is 5.60 Å². The molecule has 0 radical (unpaired) electrons. The second kappa shape index (κ2) is 9.20. The molecule has 0 spiro atoms. The van der Waals surface area contributed by atoms with E-state index in [-0.39, 0.29) is 0 Å². The smallest absolute Gasteiger partial charge is 0.336 e. The van der Waals surface area contributed by atoms with E-state index >= 15 is 0 Å². The van der Waals surface area contributed by atoms with E-state index in [0.29, 0.717) is 0 Å². The van der Waals surface area contributed by atoms with Crippen LogP contribution in [0, 0.1) is 0 Å². The first-order valence-corrected chi connectivity index (χ1v) is 5.42. The Morgan fingerprint density at radius 1 is 0.950 bits per heavy atom. The van der Waals surface area contributed by atoms with E-state index in [2.05, 4.69) is 5.32 Å². The molecule has 0 aromatic carbocycles. The van der Waals surface area contributed by atoms with Crippen molar-refractivity contribution in [3.8, 4) is 0 Å². The molecule has 0 amide bonds. The molecular weight excluding hydrogens is 278 g/mol. The lowest BCUT2D eigenvalue weighted by molar-refractivity contribution is -0.170. The van der Waals surface area contributed by atoms with Crippen LogP contribution in [0.3, 0.4) is 0 Å². The standard InChI is InChI=1S/C6H8O7.C4H11NO2/c7-3(8)1-6(13,5(11)12)2-4(9)10;1-3(6)5-4(2)7/h13H,1-2H2,(H,7,8)(H,9,10)(H,11,12);3-7H,1-2H3. The summed E-state index contributed by atoms with van der Waals surface area (Å²) in [5.74, 6) is -5.02. The number of nitrogens with one attached hydrogen (secondary N) is 1. The van der Waals surface area contributed by atoms with Crippen molar-refractivity contribution in [1.82, 2.24) is 5.32 Å². The van der Waals surface area contributed by atoms with Crippen LogP contribution in [0.5, 0.6) is 0 Å². The zero-order valence-electron chi connectivity index (χ0n) is 11.0. The first-order valence-electron chi connectivity index (χ1n) is 5.42. The van der Waals surface area contributed by atoms with Gasteiger partial charge in [0.25, 0.3) is 0 Å². The zero-order valence-corrected chi connectivity index (χ0v) is 11.0. The molecule has 0 aliphatic carbocycles. The van der Waals surface area contributed by atoms with Gasteiger partial charge in [-0.1, -0.05) is 0 Å². The van der Waals surface area contributed by atoms with Crippen LogP contribution in [-0.4, -0.2) is 66.6 Å². The fourth-order valence-corrected chi connectivity index (χ4v) is 1.06. The van der Waals surface area contributed by atoms with Crippen molar-refractivity contribution < 1.29 is 45.0 Å². The predicted molar refractivity (Wildman–Crippen MR) is 63.6 cm³/mol. The summed E-state index contributed by atoms with van der Waals surface area (Å²) in [5, 5.41) is 53.1. The molecule has 0 saturated heterocycles. The molecule has 0 aliphatic rings. The Balaban J connectivity index is 0. The summed E-state index contributed by atoms with van der Waals surface area (Å²) >= 11 is 0. The molecule has 2 unspecified atom stereocenters. The minimum absolute atomic E-state index is 0.625. The molecule has 7 N–H and O–H groups in total. The van der Waals surface area contributed by atoms with Crippen LogP contribution in [0.4, 0.5) is 0 Å². The molecule has 0 saturated carbocycles. The Morgan fingerprint density at radius 3 is 1.35 bits per heavy atom. The van der Waals surface area contributed by atoms with E-state index < -0.39 is 48.8 Å². The van der Waals surface area contributed by atoms with Crippen molar-refractivity contribution in [2.24, 2.45) is 0 Å². The van der Waals surface area contributed by atoms with Crippen molar-refractivity contribution in [3.05, 3.63) is 0 Å². The highest BCUT2D eigenvalue weighted by atomic mass is 16.4. The van der Waals surface area contributed by atoms with Crippen molar-refractivity contribution in [3.63, 3.8) is 0 Å². The number of rotatable bonds is 7. The highest BCUT2D eigenvalue weighted by molar-refractivity contribution is 5.88. The molecule has 0 aromatic rings. The third kappa shape index (κ3) is 11.3. The molecule has 2 atom stereocenters. The second-order valence-electron chi connectivity index (χ2n) is 4.00. The van der Waals surface area contributed by atoms with Crippen LogP contribution in [0.15, 0.2) is 0 Å². The third-order valence-corrected chi connectivity index (χ3v) is 1.77. The minimum Gasteiger partial charge on any atom is -0.481 e. The molecule has 0 bridgehead atoms. The van der Waals surface area contributed by atoms with Gasteiger partial charge in [-0.05, 0) is 13.8 Å². The predicted octanol–water partition coefficient (Wildman–Crippen LogP) is -2.00.